The summed E-state index contributed by atoms with van der Waals surface area (Å²) in [4.78, 5) is 10.9. The summed E-state index contributed by atoms with van der Waals surface area (Å²) in [6.07, 6.45) is 0.611. The molecule has 0 radical (unpaired) electrons. The molecule has 0 N–H and O–H groups in total. The molecule has 0 fully saturated rings. The van der Waals surface area contributed by atoms with Crippen LogP contribution in [0.25, 0.3) is 0 Å². The number of rotatable bonds is 3. The molecule has 0 aliphatic heterocycles. The van der Waals surface area contributed by atoms with Crippen LogP contribution in [0.1, 0.15) is 15.9 Å². The first-order chi connectivity index (χ1) is 8.60. The van der Waals surface area contributed by atoms with Crippen LogP contribution < -0.4 is 4.74 Å². The van der Waals surface area contributed by atoms with Crippen LogP contribution in [0.2, 0.25) is 0 Å². The first-order valence-corrected chi connectivity index (χ1v) is 5.29. The van der Waals surface area contributed by atoms with Crippen LogP contribution in [0.5, 0.6) is 11.5 Å². The van der Waals surface area contributed by atoms with E-state index in [1.807, 2.05) is 6.92 Å². The SMILES string of the molecule is Cc1ccc(Oc2cc(F)ccc2F)c(C=O)c1. The van der Waals surface area contributed by atoms with Gasteiger partial charge in [-0.05, 0) is 31.2 Å². The molecule has 2 aromatic carbocycles. The highest BCUT2D eigenvalue weighted by Gasteiger charge is 2.09. The molecule has 0 saturated heterocycles. The van der Waals surface area contributed by atoms with Crippen LogP contribution >= 0.6 is 0 Å². The van der Waals surface area contributed by atoms with E-state index in [2.05, 4.69) is 0 Å². The summed E-state index contributed by atoms with van der Waals surface area (Å²) in [5, 5.41) is 0. The number of halogens is 2. The molecule has 92 valence electrons. The molecule has 2 nitrogen and oxygen atoms in total. The van der Waals surface area contributed by atoms with Gasteiger partial charge in [-0.25, -0.2) is 8.78 Å². The van der Waals surface area contributed by atoms with E-state index in [0.717, 1.165) is 23.8 Å². The van der Waals surface area contributed by atoms with Crippen LogP contribution in [0.3, 0.4) is 0 Å². The fourth-order valence-electron chi connectivity index (χ4n) is 1.53. The molecule has 0 aromatic heterocycles. The largest absolute Gasteiger partial charge is 0.453 e. The molecule has 0 spiro atoms. The van der Waals surface area contributed by atoms with Gasteiger partial charge < -0.3 is 4.74 Å². The molecular weight excluding hydrogens is 238 g/mol. The Balaban J connectivity index is 2.39. The average molecular weight is 248 g/mol. The van der Waals surface area contributed by atoms with E-state index in [1.54, 1.807) is 18.2 Å². The molecule has 18 heavy (non-hydrogen) atoms. The van der Waals surface area contributed by atoms with E-state index >= 15 is 0 Å². The second-order valence-electron chi connectivity index (χ2n) is 3.84. The van der Waals surface area contributed by atoms with Crippen LogP contribution in [0, 0.1) is 18.6 Å². The maximum absolute atomic E-state index is 13.4. The summed E-state index contributed by atoms with van der Waals surface area (Å²) < 4.78 is 31.6. The van der Waals surface area contributed by atoms with Crippen LogP contribution in [-0.2, 0) is 0 Å². The van der Waals surface area contributed by atoms with Crippen molar-refractivity contribution in [2.24, 2.45) is 0 Å². The highest BCUT2D eigenvalue weighted by Crippen LogP contribution is 2.27. The lowest BCUT2D eigenvalue weighted by atomic mass is 10.1. The smallest absolute Gasteiger partial charge is 0.166 e. The quantitative estimate of drug-likeness (QED) is 0.770. The lowest BCUT2D eigenvalue weighted by molar-refractivity contribution is 0.112. The van der Waals surface area contributed by atoms with Gasteiger partial charge in [-0.15, -0.1) is 0 Å². The zero-order valence-electron chi connectivity index (χ0n) is 9.61. The van der Waals surface area contributed by atoms with Gasteiger partial charge >= 0.3 is 0 Å². The van der Waals surface area contributed by atoms with Gasteiger partial charge in [-0.3, -0.25) is 4.79 Å². The molecule has 0 amide bonds. The zero-order valence-corrected chi connectivity index (χ0v) is 9.61. The number of aldehydes is 1. The van der Waals surface area contributed by atoms with Gasteiger partial charge in [0.25, 0.3) is 0 Å². The number of carbonyl (C=O) groups is 1. The Hall–Kier alpha value is -2.23. The highest BCUT2D eigenvalue weighted by molar-refractivity contribution is 5.79. The maximum atomic E-state index is 13.4. The van der Waals surface area contributed by atoms with Gasteiger partial charge in [0.2, 0.25) is 0 Å². The molecule has 0 aliphatic rings. The lowest BCUT2D eigenvalue weighted by Crippen LogP contribution is -1.94. The molecule has 4 heteroatoms. The van der Waals surface area contributed by atoms with Crippen LogP contribution in [0.15, 0.2) is 36.4 Å². The second kappa shape index (κ2) is 4.96. The molecule has 0 saturated carbocycles. The number of benzene rings is 2. The number of hydrogen-bond donors (Lipinski definition) is 0. The summed E-state index contributed by atoms with van der Waals surface area (Å²) >= 11 is 0. The van der Waals surface area contributed by atoms with E-state index in [1.165, 1.54) is 0 Å². The molecule has 2 aromatic rings. The van der Waals surface area contributed by atoms with E-state index in [9.17, 15) is 13.6 Å². The van der Waals surface area contributed by atoms with Gasteiger partial charge in [0.15, 0.2) is 17.9 Å². The minimum absolute atomic E-state index is 0.195. The summed E-state index contributed by atoms with van der Waals surface area (Å²) in [6, 6.07) is 7.78. The molecule has 2 rings (SSSR count). The van der Waals surface area contributed by atoms with Crippen molar-refractivity contribution < 1.29 is 18.3 Å². The molecule has 0 atom stereocenters. The van der Waals surface area contributed by atoms with Crippen LogP contribution in [-0.4, -0.2) is 6.29 Å². The van der Waals surface area contributed by atoms with E-state index in [4.69, 9.17) is 4.74 Å². The predicted octanol–water partition coefficient (Wildman–Crippen LogP) is 3.88. The highest BCUT2D eigenvalue weighted by atomic mass is 19.1. The molecule has 0 aliphatic carbocycles. The molecule has 0 bridgehead atoms. The van der Waals surface area contributed by atoms with Crippen molar-refractivity contribution in [2.75, 3.05) is 0 Å². The van der Waals surface area contributed by atoms with Crippen molar-refractivity contribution in [3.63, 3.8) is 0 Å². The fourth-order valence-corrected chi connectivity index (χ4v) is 1.53. The van der Waals surface area contributed by atoms with E-state index in [-0.39, 0.29) is 11.5 Å². The third-order valence-corrected chi connectivity index (χ3v) is 2.41. The lowest BCUT2D eigenvalue weighted by Gasteiger charge is -2.09. The van der Waals surface area contributed by atoms with Gasteiger partial charge in [-0.1, -0.05) is 11.6 Å². The van der Waals surface area contributed by atoms with E-state index in [0.29, 0.717) is 11.8 Å². The van der Waals surface area contributed by atoms with Crippen molar-refractivity contribution >= 4 is 6.29 Å². The number of hydrogen-bond acceptors (Lipinski definition) is 2. The van der Waals surface area contributed by atoms with Crippen molar-refractivity contribution in [1.82, 2.24) is 0 Å². The van der Waals surface area contributed by atoms with Gasteiger partial charge in [0.1, 0.15) is 11.6 Å². The monoisotopic (exact) mass is 248 g/mol. The van der Waals surface area contributed by atoms with Gasteiger partial charge in [0.05, 0.1) is 5.56 Å². The van der Waals surface area contributed by atoms with Crippen molar-refractivity contribution in [2.45, 2.75) is 6.92 Å². The second-order valence-corrected chi connectivity index (χ2v) is 3.84. The molecular formula is C14H10F2O2. The first-order valence-electron chi connectivity index (χ1n) is 5.29. The average Bonchev–Trinajstić information content (AvgIpc) is 2.36. The summed E-state index contributed by atoms with van der Waals surface area (Å²) in [6.45, 7) is 1.82. The Labute approximate surface area is 103 Å². The summed E-state index contributed by atoms with van der Waals surface area (Å²) in [5.41, 5.74) is 1.17. The van der Waals surface area contributed by atoms with Crippen molar-refractivity contribution in [3.8, 4) is 11.5 Å². The number of aryl methyl sites for hydroxylation is 1. The Kier molecular flexibility index (Phi) is 3.37. The van der Waals surface area contributed by atoms with Gasteiger partial charge in [-0.2, -0.15) is 0 Å². The van der Waals surface area contributed by atoms with E-state index < -0.39 is 11.6 Å². The summed E-state index contributed by atoms with van der Waals surface area (Å²) in [5.74, 6) is -1.35. The van der Waals surface area contributed by atoms with Crippen LogP contribution in [0.4, 0.5) is 8.78 Å². The molecule has 0 heterocycles. The Morgan fingerprint density at radius 2 is 1.83 bits per heavy atom. The zero-order chi connectivity index (χ0) is 13.1. The first kappa shape index (κ1) is 12.2. The normalized spacial score (nSPS) is 10.2. The van der Waals surface area contributed by atoms with Crippen molar-refractivity contribution in [3.05, 3.63) is 59.2 Å². The Morgan fingerprint density at radius 3 is 2.56 bits per heavy atom. The number of ether oxygens (including phenoxy) is 1. The van der Waals surface area contributed by atoms with Crippen molar-refractivity contribution in [1.29, 1.82) is 0 Å². The maximum Gasteiger partial charge on any atom is 0.166 e. The molecule has 0 unspecified atom stereocenters. The number of carbonyl (C=O) groups excluding carboxylic acids is 1. The van der Waals surface area contributed by atoms with Gasteiger partial charge in [0, 0.05) is 6.07 Å². The minimum atomic E-state index is -0.686. The Morgan fingerprint density at radius 1 is 1.06 bits per heavy atom. The third kappa shape index (κ3) is 2.53. The summed E-state index contributed by atoms with van der Waals surface area (Å²) in [7, 11) is 0. The minimum Gasteiger partial charge on any atom is -0.453 e. The predicted molar refractivity (Wildman–Crippen MR) is 63.0 cm³/mol. The standard InChI is InChI=1S/C14H10F2O2/c1-9-2-5-13(10(6-9)8-17)18-14-7-11(15)3-4-12(14)16/h2-8H,1H3. The topological polar surface area (TPSA) is 26.3 Å². The fraction of sp³-hybridized carbons (Fsp3) is 0.0714. The Bertz CT molecular complexity index is 594. The third-order valence-electron chi connectivity index (χ3n) is 2.41.